The van der Waals surface area contributed by atoms with Gasteiger partial charge in [0.05, 0.1) is 5.69 Å². The second kappa shape index (κ2) is 9.82. The summed E-state index contributed by atoms with van der Waals surface area (Å²) in [6, 6.07) is 2.97. The number of H-pyrrole nitrogens is 1. The summed E-state index contributed by atoms with van der Waals surface area (Å²) >= 11 is 0. The van der Waals surface area contributed by atoms with Crippen LogP contribution in [0.25, 0.3) is 33.8 Å². The van der Waals surface area contributed by atoms with Crippen molar-refractivity contribution in [3.63, 3.8) is 0 Å². The quantitative estimate of drug-likeness (QED) is 0.355. The number of aromatic amines is 1. The van der Waals surface area contributed by atoms with E-state index >= 15 is 0 Å². The Morgan fingerprint density at radius 1 is 1.21 bits per heavy atom. The molecular formula is C25H27F3N8O3. The Morgan fingerprint density at radius 2 is 2.00 bits per heavy atom. The van der Waals surface area contributed by atoms with Gasteiger partial charge in [0.15, 0.2) is 0 Å². The number of hydrogen-bond donors (Lipinski definition) is 2. The molecule has 4 aromatic heterocycles. The molecule has 0 saturated carbocycles. The van der Waals surface area contributed by atoms with Gasteiger partial charge in [-0.05, 0) is 45.7 Å². The molecule has 0 unspecified atom stereocenters. The number of nitrogens with one attached hydrogen (secondary N) is 2. The van der Waals surface area contributed by atoms with E-state index in [2.05, 4.69) is 35.4 Å². The molecule has 0 bridgehead atoms. The molecule has 1 saturated heterocycles. The molecule has 5 heterocycles. The second-order valence-electron chi connectivity index (χ2n) is 10.3. The Hall–Kier alpha value is -4.23. The van der Waals surface area contributed by atoms with Crippen LogP contribution < -0.4 is 5.32 Å². The van der Waals surface area contributed by atoms with E-state index in [0.717, 1.165) is 6.20 Å². The van der Waals surface area contributed by atoms with E-state index in [0.29, 0.717) is 48.5 Å². The first kappa shape index (κ1) is 26.4. The fraction of sp³-hybridized carbons (Fsp3) is 0.440. The predicted octanol–water partition coefficient (Wildman–Crippen LogP) is 5.21. The summed E-state index contributed by atoms with van der Waals surface area (Å²) in [6.45, 7) is 7.84. The van der Waals surface area contributed by atoms with Crippen molar-refractivity contribution >= 4 is 23.1 Å². The summed E-state index contributed by atoms with van der Waals surface area (Å²) in [5, 5.41) is 7.36. The maximum absolute atomic E-state index is 14.0. The summed E-state index contributed by atoms with van der Waals surface area (Å²) in [5.41, 5.74) is -0.957. The minimum atomic E-state index is -4.69. The van der Waals surface area contributed by atoms with E-state index < -0.39 is 23.4 Å². The third-order valence-corrected chi connectivity index (χ3v) is 6.05. The predicted molar refractivity (Wildman–Crippen MR) is 135 cm³/mol. The first-order valence-corrected chi connectivity index (χ1v) is 12.4. The number of aromatic nitrogens is 6. The smallest absolute Gasteiger partial charge is 0.419 e. The van der Waals surface area contributed by atoms with Gasteiger partial charge >= 0.3 is 12.3 Å². The zero-order chi connectivity index (χ0) is 27.9. The summed E-state index contributed by atoms with van der Waals surface area (Å²) < 4.78 is 52.4. The Balaban J connectivity index is 1.44. The van der Waals surface area contributed by atoms with Gasteiger partial charge in [-0.25, -0.2) is 19.7 Å². The van der Waals surface area contributed by atoms with Crippen molar-refractivity contribution in [2.75, 3.05) is 18.4 Å². The number of alkyl halides is 3. The van der Waals surface area contributed by atoms with Gasteiger partial charge in [0.2, 0.25) is 17.7 Å². The molecule has 11 nitrogen and oxygen atoms in total. The standard InChI is InChI=1S/C25H27F3N8O3/c1-13-31-21(35-39-13)18-8-7-15-16(10-29-20(15)33-18)19-17(25(26,27)28)11-30-22(34-19)32-14-6-5-9-36(12-14)23(37)38-24(2,3)4/h7-8,10-11,14H,5-6,9,12H2,1-4H3,(H,29,33)(H,30,32,34)/t14-/m0/s1. The van der Waals surface area contributed by atoms with Crippen LogP contribution in [0, 0.1) is 6.92 Å². The molecule has 1 amide bonds. The highest BCUT2D eigenvalue weighted by atomic mass is 19.4. The molecule has 206 valence electrons. The number of amides is 1. The van der Waals surface area contributed by atoms with E-state index in [1.54, 1.807) is 44.7 Å². The van der Waals surface area contributed by atoms with Crippen molar-refractivity contribution in [2.24, 2.45) is 0 Å². The van der Waals surface area contributed by atoms with Gasteiger partial charge in [-0.15, -0.1) is 0 Å². The minimum absolute atomic E-state index is 0.0234. The Kier molecular flexibility index (Phi) is 6.64. The number of rotatable bonds is 4. The van der Waals surface area contributed by atoms with Crippen molar-refractivity contribution in [1.29, 1.82) is 0 Å². The van der Waals surface area contributed by atoms with Crippen LogP contribution in [0.5, 0.6) is 0 Å². The van der Waals surface area contributed by atoms with Gasteiger partial charge in [0, 0.05) is 49.4 Å². The van der Waals surface area contributed by atoms with Gasteiger partial charge in [0.25, 0.3) is 0 Å². The van der Waals surface area contributed by atoms with Crippen LogP contribution in [0.15, 0.2) is 29.0 Å². The Bertz CT molecular complexity index is 1510. The Morgan fingerprint density at radius 3 is 2.69 bits per heavy atom. The SMILES string of the molecule is Cc1nc(-c2ccc3c(-c4nc(N[C@H]5CCCN(C(=O)OC(C)(C)C)C5)ncc4C(F)(F)F)c[nH]c3n2)no1. The molecule has 0 spiro atoms. The van der Waals surface area contributed by atoms with Crippen LogP contribution in [0.1, 0.15) is 45.1 Å². The monoisotopic (exact) mass is 544 g/mol. The topological polar surface area (TPSA) is 135 Å². The number of carbonyl (C=O) groups excluding carboxylic acids is 1. The van der Waals surface area contributed by atoms with Gasteiger partial charge < -0.3 is 24.5 Å². The highest BCUT2D eigenvalue weighted by molar-refractivity contribution is 5.94. The summed E-state index contributed by atoms with van der Waals surface area (Å²) in [5.74, 6) is 0.653. The highest BCUT2D eigenvalue weighted by Crippen LogP contribution is 2.39. The van der Waals surface area contributed by atoms with Gasteiger partial charge in [-0.2, -0.15) is 18.2 Å². The molecule has 0 aromatic carbocycles. The second-order valence-corrected chi connectivity index (χ2v) is 10.3. The number of pyridine rings is 1. The lowest BCUT2D eigenvalue weighted by Crippen LogP contribution is -2.47. The zero-order valence-corrected chi connectivity index (χ0v) is 21.8. The van der Waals surface area contributed by atoms with Crippen LogP contribution in [0.2, 0.25) is 0 Å². The van der Waals surface area contributed by atoms with Crippen molar-refractivity contribution in [2.45, 2.75) is 58.4 Å². The van der Waals surface area contributed by atoms with Crippen LogP contribution in [0.3, 0.4) is 0 Å². The summed E-state index contributed by atoms with van der Waals surface area (Å²) in [7, 11) is 0. The van der Waals surface area contributed by atoms with Gasteiger partial charge in [-0.1, -0.05) is 5.16 Å². The van der Waals surface area contributed by atoms with Crippen LogP contribution in [-0.2, 0) is 10.9 Å². The molecule has 2 N–H and O–H groups in total. The lowest BCUT2D eigenvalue weighted by Gasteiger charge is -2.34. The average Bonchev–Trinajstić information content (AvgIpc) is 3.48. The Labute approximate surface area is 221 Å². The summed E-state index contributed by atoms with van der Waals surface area (Å²) in [6.07, 6.45) is -1.55. The van der Waals surface area contributed by atoms with Gasteiger partial charge in [-0.3, -0.25) is 0 Å². The van der Waals surface area contributed by atoms with Crippen molar-refractivity contribution in [1.82, 2.24) is 35.0 Å². The molecule has 39 heavy (non-hydrogen) atoms. The summed E-state index contributed by atoms with van der Waals surface area (Å²) in [4.78, 5) is 33.8. The first-order chi connectivity index (χ1) is 18.4. The molecule has 0 aliphatic carbocycles. The first-order valence-electron chi connectivity index (χ1n) is 12.4. The van der Waals surface area contributed by atoms with Crippen molar-refractivity contribution in [3.05, 3.63) is 36.0 Å². The number of ether oxygens (including phenoxy) is 1. The molecule has 0 radical (unpaired) electrons. The van der Waals surface area contributed by atoms with Crippen molar-refractivity contribution < 1.29 is 27.2 Å². The lowest BCUT2D eigenvalue weighted by atomic mass is 10.1. The van der Waals surface area contributed by atoms with Crippen LogP contribution >= 0.6 is 0 Å². The molecule has 14 heteroatoms. The molecule has 1 fully saturated rings. The maximum atomic E-state index is 14.0. The number of fused-ring (bicyclic) bond motifs is 1. The number of carbonyl (C=O) groups is 1. The molecule has 4 aromatic rings. The number of nitrogens with zero attached hydrogens (tertiary/aromatic N) is 6. The largest absolute Gasteiger partial charge is 0.444 e. The number of piperidine rings is 1. The van der Waals surface area contributed by atoms with E-state index in [1.807, 2.05) is 0 Å². The fourth-order valence-electron chi connectivity index (χ4n) is 4.36. The third-order valence-electron chi connectivity index (χ3n) is 6.05. The van der Waals surface area contributed by atoms with Crippen molar-refractivity contribution in [3.8, 4) is 22.8 Å². The van der Waals surface area contributed by atoms with Crippen LogP contribution in [-0.4, -0.2) is 65.8 Å². The molecule has 5 rings (SSSR count). The number of halogens is 3. The number of aryl methyl sites for hydroxylation is 1. The maximum Gasteiger partial charge on any atom is 0.419 e. The van der Waals surface area contributed by atoms with Gasteiger partial charge in [0.1, 0.15) is 22.5 Å². The molecule has 1 aliphatic rings. The minimum Gasteiger partial charge on any atom is -0.444 e. The van der Waals surface area contributed by atoms with E-state index in [1.165, 1.54) is 6.20 Å². The van der Waals surface area contributed by atoms with E-state index in [4.69, 9.17) is 9.26 Å². The molecule has 1 atom stereocenters. The average molecular weight is 545 g/mol. The number of hydrogen-bond acceptors (Lipinski definition) is 9. The normalized spacial score (nSPS) is 16.5. The third kappa shape index (κ3) is 5.78. The van der Waals surface area contributed by atoms with Crippen LogP contribution in [0.4, 0.5) is 23.9 Å². The highest BCUT2D eigenvalue weighted by Gasteiger charge is 2.36. The zero-order valence-electron chi connectivity index (χ0n) is 21.8. The molecular weight excluding hydrogens is 517 g/mol. The molecule has 1 aliphatic heterocycles. The lowest BCUT2D eigenvalue weighted by molar-refractivity contribution is -0.137. The number of anilines is 1. The van der Waals surface area contributed by atoms with E-state index in [9.17, 15) is 18.0 Å². The number of likely N-dealkylation sites (tertiary alicyclic amines) is 1. The van der Waals surface area contributed by atoms with E-state index in [-0.39, 0.29) is 29.1 Å². The fourth-order valence-corrected chi connectivity index (χ4v) is 4.36.